The molecule has 2 heteroatoms. The summed E-state index contributed by atoms with van der Waals surface area (Å²) < 4.78 is 0. The zero-order valence-corrected chi connectivity index (χ0v) is 11.2. The zero-order valence-electron chi connectivity index (χ0n) is 11.2. The largest absolute Gasteiger partial charge is 0.388 e. The van der Waals surface area contributed by atoms with E-state index < -0.39 is 0 Å². The Kier molecular flexibility index (Phi) is 3.88. The van der Waals surface area contributed by atoms with E-state index in [-0.39, 0.29) is 0 Å². The van der Waals surface area contributed by atoms with Gasteiger partial charge >= 0.3 is 0 Å². The highest BCUT2D eigenvalue weighted by Crippen LogP contribution is 2.18. The lowest BCUT2D eigenvalue weighted by Crippen LogP contribution is -2.02. The molecule has 0 spiro atoms. The quantitative estimate of drug-likeness (QED) is 0.845. The summed E-state index contributed by atoms with van der Waals surface area (Å²) in [7, 11) is 1.94. The number of aryl methyl sites for hydroxylation is 2. The van der Waals surface area contributed by atoms with E-state index in [2.05, 4.69) is 66.9 Å². The first-order valence-electron chi connectivity index (χ1n) is 6.27. The maximum absolute atomic E-state index is 3.49. The third kappa shape index (κ3) is 3.04. The first-order valence-corrected chi connectivity index (χ1v) is 6.27. The van der Waals surface area contributed by atoms with Gasteiger partial charge in [0.2, 0.25) is 0 Å². The monoisotopic (exact) mass is 240 g/mol. The van der Waals surface area contributed by atoms with Crippen molar-refractivity contribution in [2.75, 3.05) is 17.7 Å². The third-order valence-electron chi connectivity index (χ3n) is 3.09. The molecule has 0 amide bonds. The molecular weight excluding hydrogens is 220 g/mol. The molecule has 2 N–H and O–H groups in total. The summed E-state index contributed by atoms with van der Waals surface area (Å²) in [5.41, 5.74) is 6.21. The second-order valence-corrected chi connectivity index (χ2v) is 4.62. The molecule has 0 saturated heterocycles. The highest BCUT2D eigenvalue weighted by molar-refractivity contribution is 5.53. The predicted molar refractivity (Wildman–Crippen MR) is 79.2 cm³/mol. The fraction of sp³-hybridized carbons (Fsp3) is 0.250. The zero-order chi connectivity index (χ0) is 13.0. The van der Waals surface area contributed by atoms with Gasteiger partial charge in [0.05, 0.1) is 0 Å². The van der Waals surface area contributed by atoms with Crippen molar-refractivity contribution in [1.29, 1.82) is 0 Å². The Morgan fingerprint density at radius 2 is 1.83 bits per heavy atom. The molecule has 0 atom stereocenters. The van der Waals surface area contributed by atoms with E-state index in [0.717, 1.165) is 12.2 Å². The smallest absolute Gasteiger partial charge is 0.0401 e. The van der Waals surface area contributed by atoms with Crippen LogP contribution in [0.15, 0.2) is 42.5 Å². The first-order chi connectivity index (χ1) is 8.69. The van der Waals surface area contributed by atoms with Crippen molar-refractivity contribution in [1.82, 2.24) is 0 Å². The van der Waals surface area contributed by atoms with Gasteiger partial charge in [0.1, 0.15) is 0 Å². The van der Waals surface area contributed by atoms with Crippen LogP contribution in [0.2, 0.25) is 0 Å². The Morgan fingerprint density at radius 1 is 1.00 bits per heavy atom. The van der Waals surface area contributed by atoms with E-state index in [1.54, 1.807) is 0 Å². The predicted octanol–water partition coefficient (Wildman–Crippen LogP) is 3.96. The van der Waals surface area contributed by atoms with Crippen LogP contribution in [0.1, 0.15) is 16.7 Å². The fourth-order valence-electron chi connectivity index (χ4n) is 1.96. The van der Waals surface area contributed by atoms with Gasteiger partial charge < -0.3 is 10.6 Å². The Labute approximate surface area is 109 Å². The second kappa shape index (κ2) is 5.58. The lowest BCUT2D eigenvalue weighted by molar-refractivity contribution is 1.14. The molecule has 2 aromatic rings. The maximum atomic E-state index is 3.49. The summed E-state index contributed by atoms with van der Waals surface area (Å²) in [6.45, 7) is 5.10. The van der Waals surface area contributed by atoms with E-state index in [1.165, 1.54) is 22.4 Å². The molecular formula is C16H20N2. The number of nitrogens with one attached hydrogen (secondary N) is 2. The van der Waals surface area contributed by atoms with Crippen LogP contribution in [0.5, 0.6) is 0 Å². The third-order valence-corrected chi connectivity index (χ3v) is 3.09. The minimum absolute atomic E-state index is 0.847. The maximum Gasteiger partial charge on any atom is 0.0401 e. The van der Waals surface area contributed by atoms with E-state index in [9.17, 15) is 0 Å². The SMILES string of the molecule is CNc1cccc(CNc2cc(C)ccc2C)c1. The molecule has 2 aromatic carbocycles. The highest BCUT2D eigenvalue weighted by Gasteiger charge is 1.99. The molecule has 18 heavy (non-hydrogen) atoms. The van der Waals surface area contributed by atoms with Gasteiger partial charge in [-0.15, -0.1) is 0 Å². The van der Waals surface area contributed by atoms with Crippen molar-refractivity contribution in [3.8, 4) is 0 Å². The second-order valence-electron chi connectivity index (χ2n) is 4.62. The van der Waals surface area contributed by atoms with Gasteiger partial charge in [0.25, 0.3) is 0 Å². The van der Waals surface area contributed by atoms with Gasteiger partial charge in [0, 0.05) is 25.0 Å². The number of benzene rings is 2. The van der Waals surface area contributed by atoms with Crippen LogP contribution in [-0.4, -0.2) is 7.05 Å². The number of hydrogen-bond acceptors (Lipinski definition) is 2. The number of hydrogen-bond donors (Lipinski definition) is 2. The molecule has 0 saturated carbocycles. The standard InChI is InChI=1S/C16H20N2/c1-12-7-8-13(2)16(9-12)18-11-14-5-4-6-15(10-14)17-3/h4-10,17-18H,11H2,1-3H3. The number of rotatable bonds is 4. The molecule has 0 aliphatic heterocycles. The van der Waals surface area contributed by atoms with Crippen LogP contribution >= 0.6 is 0 Å². The summed E-state index contributed by atoms with van der Waals surface area (Å²) in [5, 5.41) is 6.65. The van der Waals surface area contributed by atoms with E-state index in [0.29, 0.717) is 0 Å². The van der Waals surface area contributed by atoms with Crippen LogP contribution in [-0.2, 0) is 6.54 Å². The average molecular weight is 240 g/mol. The molecule has 94 valence electrons. The van der Waals surface area contributed by atoms with Crippen LogP contribution in [0, 0.1) is 13.8 Å². The van der Waals surface area contributed by atoms with Gasteiger partial charge in [-0.2, -0.15) is 0 Å². The Morgan fingerprint density at radius 3 is 2.61 bits per heavy atom. The van der Waals surface area contributed by atoms with Crippen molar-refractivity contribution in [3.63, 3.8) is 0 Å². The van der Waals surface area contributed by atoms with Gasteiger partial charge in [-0.05, 0) is 48.7 Å². The van der Waals surface area contributed by atoms with Crippen LogP contribution in [0.3, 0.4) is 0 Å². The lowest BCUT2D eigenvalue weighted by Gasteiger charge is -2.11. The summed E-state index contributed by atoms with van der Waals surface area (Å²) >= 11 is 0. The van der Waals surface area contributed by atoms with Gasteiger partial charge in [0.15, 0.2) is 0 Å². The van der Waals surface area contributed by atoms with Crippen LogP contribution in [0.25, 0.3) is 0 Å². The van der Waals surface area contributed by atoms with Crippen molar-refractivity contribution < 1.29 is 0 Å². The van der Waals surface area contributed by atoms with Gasteiger partial charge in [-0.1, -0.05) is 24.3 Å². The Balaban J connectivity index is 2.08. The fourth-order valence-corrected chi connectivity index (χ4v) is 1.96. The summed E-state index contributed by atoms with van der Waals surface area (Å²) in [6.07, 6.45) is 0. The number of anilines is 2. The molecule has 0 heterocycles. The minimum Gasteiger partial charge on any atom is -0.388 e. The summed E-state index contributed by atoms with van der Waals surface area (Å²) in [4.78, 5) is 0. The normalized spacial score (nSPS) is 10.2. The lowest BCUT2D eigenvalue weighted by atomic mass is 10.1. The van der Waals surface area contributed by atoms with Crippen molar-refractivity contribution in [2.24, 2.45) is 0 Å². The van der Waals surface area contributed by atoms with E-state index in [4.69, 9.17) is 0 Å². The molecule has 0 aromatic heterocycles. The van der Waals surface area contributed by atoms with Crippen LogP contribution in [0.4, 0.5) is 11.4 Å². The summed E-state index contributed by atoms with van der Waals surface area (Å²) in [5.74, 6) is 0. The molecule has 0 aliphatic rings. The van der Waals surface area contributed by atoms with E-state index in [1.807, 2.05) is 7.05 Å². The molecule has 0 radical (unpaired) electrons. The molecule has 0 fully saturated rings. The topological polar surface area (TPSA) is 24.1 Å². The average Bonchev–Trinajstić information content (AvgIpc) is 2.40. The van der Waals surface area contributed by atoms with Crippen molar-refractivity contribution in [3.05, 3.63) is 59.2 Å². The van der Waals surface area contributed by atoms with E-state index >= 15 is 0 Å². The molecule has 0 unspecified atom stereocenters. The molecule has 2 nitrogen and oxygen atoms in total. The van der Waals surface area contributed by atoms with Crippen molar-refractivity contribution in [2.45, 2.75) is 20.4 Å². The van der Waals surface area contributed by atoms with Crippen LogP contribution < -0.4 is 10.6 Å². The molecule has 2 rings (SSSR count). The highest BCUT2D eigenvalue weighted by atomic mass is 14.9. The molecule has 0 aliphatic carbocycles. The Bertz CT molecular complexity index is 532. The first kappa shape index (κ1) is 12.5. The van der Waals surface area contributed by atoms with Crippen molar-refractivity contribution >= 4 is 11.4 Å². The molecule has 0 bridgehead atoms. The Hall–Kier alpha value is -1.96. The minimum atomic E-state index is 0.847. The van der Waals surface area contributed by atoms with Gasteiger partial charge in [-0.25, -0.2) is 0 Å². The van der Waals surface area contributed by atoms with Gasteiger partial charge in [-0.3, -0.25) is 0 Å². The summed E-state index contributed by atoms with van der Waals surface area (Å²) in [6, 6.07) is 14.9.